The molecule has 1 aliphatic carbocycles. The van der Waals surface area contributed by atoms with Crippen molar-refractivity contribution in [3.63, 3.8) is 0 Å². The van der Waals surface area contributed by atoms with Crippen LogP contribution in [-0.4, -0.2) is 20.6 Å². The lowest BCUT2D eigenvalue weighted by atomic mass is 10.2. The van der Waals surface area contributed by atoms with Crippen molar-refractivity contribution >= 4 is 23.0 Å². The molecule has 1 aromatic carbocycles. The van der Waals surface area contributed by atoms with Gasteiger partial charge in [0.2, 0.25) is 0 Å². The Bertz CT molecular complexity index is 838. The van der Waals surface area contributed by atoms with E-state index in [1.165, 1.54) is 25.0 Å². The van der Waals surface area contributed by atoms with Gasteiger partial charge in [0, 0.05) is 23.9 Å². The first kappa shape index (κ1) is 13.1. The maximum Gasteiger partial charge on any atom is 0.159 e. The molecule has 0 saturated heterocycles. The molecule has 1 aliphatic rings. The van der Waals surface area contributed by atoms with Crippen LogP contribution in [0.5, 0.6) is 0 Å². The van der Waals surface area contributed by atoms with Crippen molar-refractivity contribution in [3.8, 4) is 0 Å². The van der Waals surface area contributed by atoms with Crippen LogP contribution in [-0.2, 0) is 0 Å². The fourth-order valence-corrected chi connectivity index (χ4v) is 2.42. The second-order valence-electron chi connectivity index (χ2n) is 5.63. The Morgan fingerprint density at radius 3 is 2.86 bits per heavy atom. The van der Waals surface area contributed by atoms with Gasteiger partial charge in [0.15, 0.2) is 5.65 Å². The molecule has 0 radical (unpaired) electrons. The van der Waals surface area contributed by atoms with Gasteiger partial charge < -0.3 is 10.6 Å². The van der Waals surface area contributed by atoms with Gasteiger partial charge in [-0.15, -0.1) is 0 Å². The van der Waals surface area contributed by atoms with Gasteiger partial charge in [0.1, 0.15) is 17.5 Å². The van der Waals surface area contributed by atoms with Crippen molar-refractivity contribution in [2.75, 3.05) is 10.6 Å². The number of anilines is 3. The summed E-state index contributed by atoms with van der Waals surface area (Å²) in [5.41, 5.74) is 2.45. The highest BCUT2D eigenvalue weighted by atomic mass is 19.1. The number of halogens is 1. The number of aryl methyl sites for hydroxylation is 1. The predicted octanol–water partition coefficient (Wildman–Crippen LogP) is 3.49. The first-order chi connectivity index (χ1) is 10.7. The van der Waals surface area contributed by atoms with Crippen LogP contribution < -0.4 is 10.6 Å². The largest absolute Gasteiger partial charge is 0.367 e. The van der Waals surface area contributed by atoms with Crippen LogP contribution in [0, 0.1) is 12.7 Å². The molecule has 1 fully saturated rings. The topological polar surface area (TPSA) is 54.2 Å². The normalized spacial score (nSPS) is 14.3. The van der Waals surface area contributed by atoms with Gasteiger partial charge in [-0.05, 0) is 43.5 Å². The number of benzene rings is 1. The van der Waals surface area contributed by atoms with Gasteiger partial charge in [-0.25, -0.2) is 9.37 Å². The van der Waals surface area contributed by atoms with Gasteiger partial charge in [0.05, 0.1) is 6.20 Å². The molecule has 2 heterocycles. The van der Waals surface area contributed by atoms with E-state index in [2.05, 4.69) is 20.7 Å². The van der Waals surface area contributed by atoms with Crippen molar-refractivity contribution in [2.45, 2.75) is 25.8 Å². The maximum atomic E-state index is 13.2. The van der Waals surface area contributed by atoms with Crippen molar-refractivity contribution in [1.82, 2.24) is 14.6 Å². The molecular formula is C16H16FN5. The molecule has 112 valence electrons. The summed E-state index contributed by atoms with van der Waals surface area (Å²) in [6, 6.07) is 8.98. The highest BCUT2D eigenvalue weighted by molar-refractivity contribution is 5.65. The monoisotopic (exact) mass is 297 g/mol. The molecule has 0 spiro atoms. The summed E-state index contributed by atoms with van der Waals surface area (Å²) in [5, 5.41) is 11.0. The third-order valence-corrected chi connectivity index (χ3v) is 3.74. The van der Waals surface area contributed by atoms with Crippen LogP contribution in [0.1, 0.15) is 18.4 Å². The molecule has 0 amide bonds. The van der Waals surface area contributed by atoms with Crippen LogP contribution >= 0.6 is 0 Å². The number of fused-ring (bicyclic) bond motifs is 1. The summed E-state index contributed by atoms with van der Waals surface area (Å²) in [5.74, 6) is 1.39. The highest BCUT2D eigenvalue weighted by Gasteiger charge is 2.22. The minimum absolute atomic E-state index is 0.238. The van der Waals surface area contributed by atoms with Crippen LogP contribution in [0.25, 0.3) is 5.65 Å². The first-order valence-corrected chi connectivity index (χ1v) is 7.33. The molecule has 1 saturated carbocycles. The third-order valence-electron chi connectivity index (χ3n) is 3.74. The summed E-state index contributed by atoms with van der Waals surface area (Å²) >= 11 is 0. The standard InChI is InChI=1S/C16H16FN5/c1-10-8-11(17)2-5-13(10)20-14-9-16(19-12-3-4-12)22-15(21-14)6-7-18-22/h2,5-9,12,19H,3-4H2,1H3,(H,20,21). The zero-order valence-electron chi connectivity index (χ0n) is 12.2. The van der Waals surface area contributed by atoms with E-state index < -0.39 is 0 Å². The quantitative estimate of drug-likeness (QED) is 0.774. The van der Waals surface area contributed by atoms with E-state index in [0.717, 1.165) is 22.7 Å². The van der Waals surface area contributed by atoms with E-state index in [0.29, 0.717) is 11.9 Å². The molecule has 0 atom stereocenters. The average molecular weight is 297 g/mol. The minimum Gasteiger partial charge on any atom is -0.367 e. The fourth-order valence-electron chi connectivity index (χ4n) is 2.42. The fraction of sp³-hybridized carbons (Fsp3) is 0.250. The Morgan fingerprint density at radius 1 is 1.23 bits per heavy atom. The third kappa shape index (κ3) is 2.47. The molecule has 6 heteroatoms. The van der Waals surface area contributed by atoms with E-state index in [1.807, 2.05) is 19.1 Å². The lowest BCUT2D eigenvalue weighted by molar-refractivity contribution is 0.627. The molecule has 0 aliphatic heterocycles. The summed E-state index contributed by atoms with van der Waals surface area (Å²) < 4.78 is 15.0. The van der Waals surface area contributed by atoms with E-state index >= 15 is 0 Å². The minimum atomic E-state index is -0.238. The number of rotatable bonds is 4. The molecular weight excluding hydrogens is 281 g/mol. The average Bonchev–Trinajstić information content (AvgIpc) is 3.16. The Hall–Kier alpha value is -2.63. The summed E-state index contributed by atoms with van der Waals surface area (Å²) in [6.45, 7) is 1.87. The molecule has 3 aromatic rings. The number of nitrogens with one attached hydrogen (secondary N) is 2. The van der Waals surface area contributed by atoms with E-state index in [-0.39, 0.29) is 5.82 Å². The van der Waals surface area contributed by atoms with Gasteiger partial charge in [-0.1, -0.05) is 0 Å². The second-order valence-corrected chi connectivity index (χ2v) is 5.63. The molecule has 2 aromatic heterocycles. The van der Waals surface area contributed by atoms with Gasteiger partial charge >= 0.3 is 0 Å². The van der Waals surface area contributed by atoms with Crippen molar-refractivity contribution in [1.29, 1.82) is 0 Å². The van der Waals surface area contributed by atoms with Crippen molar-refractivity contribution in [2.24, 2.45) is 0 Å². The van der Waals surface area contributed by atoms with E-state index in [1.54, 1.807) is 16.8 Å². The van der Waals surface area contributed by atoms with E-state index in [9.17, 15) is 4.39 Å². The van der Waals surface area contributed by atoms with Crippen LogP contribution in [0.15, 0.2) is 36.5 Å². The summed E-state index contributed by atoms with van der Waals surface area (Å²) in [7, 11) is 0. The predicted molar refractivity (Wildman–Crippen MR) is 84.1 cm³/mol. The maximum absolute atomic E-state index is 13.2. The Kier molecular flexibility index (Phi) is 2.96. The first-order valence-electron chi connectivity index (χ1n) is 7.33. The number of nitrogens with zero attached hydrogens (tertiary/aromatic N) is 3. The zero-order valence-corrected chi connectivity index (χ0v) is 12.2. The lowest BCUT2D eigenvalue weighted by Crippen LogP contribution is -2.09. The molecule has 4 rings (SSSR count). The lowest BCUT2D eigenvalue weighted by Gasteiger charge is -2.12. The molecule has 2 N–H and O–H groups in total. The van der Waals surface area contributed by atoms with Crippen LogP contribution in [0.3, 0.4) is 0 Å². The molecule has 22 heavy (non-hydrogen) atoms. The molecule has 0 unspecified atom stereocenters. The van der Waals surface area contributed by atoms with Crippen molar-refractivity contribution in [3.05, 3.63) is 47.9 Å². The highest BCUT2D eigenvalue weighted by Crippen LogP contribution is 2.27. The second kappa shape index (κ2) is 4.98. The smallest absolute Gasteiger partial charge is 0.159 e. The van der Waals surface area contributed by atoms with Crippen LogP contribution in [0.4, 0.5) is 21.7 Å². The number of aromatic nitrogens is 3. The molecule has 5 nitrogen and oxygen atoms in total. The van der Waals surface area contributed by atoms with Gasteiger partial charge in [0.25, 0.3) is 0 Å². The Balaban J connectivity index is 1.71. The Morgan fingerprint density at radius 2 is 2.09 bits per heavy atom. The number of hydrogen-bond acceptors (Lipinski definition) is 4. The molecule has 0 bridgehead atoms. The van der Waals surface area contributed by atoms with Crippen LogP contribution in [0.2, 0.25) is 0 Å². The number of hydrogen-bond donors (Lipinski definition) is 2. The SMILES string of the molecule is Cc1cc(F)ccc1Nc1cc(NC2CC2)n2nccc2n1. The van der Waals surface area contributed by atoms with Gasteiger partial charge in [-0.2, -0.15) is 9.61 Å². The zero-order chi connectivity index (χ0) is 15.1. The summed E-state index contributed by atoms with van der Waals surface area (Å²) in [6.07, 6.45) is 4.10. The van der Waals surface area contributed by atoms with E-state index in [4.69, 9.17) is 0 Å². The summed E-state index contributed by atoms with van der Waals surface area (Å²) in [4.78, 5) is 4.54. The van der Waals surface area contributed by atoms with Gasteiger partial charge in [-0.3, -0.25) is 0 Å². The van der Waals surface area contributed by atoms with Crippen molar-refractivity contribution < 1.29 is 4.39 Å². The Labute approximate surface area is 127 Å².